The van der Waals surface area contributed by atoms with Gasteiger partial charge in [-0.15, -0.1) is 0 Å². The molecule has 10 atom stereocenters. The number of aliphatic hydroxyl groups excluding tert-OH is 1. The monoisotopic (exact) mass is 567 g/mol. The molecule has 6 nitrogen and oxygen atoms in total. The van der Waals surface area contributed by atoms with Gasteiger partial charge in [0.25, 0.3) is 0 Å². The summed E-state index contributed by atoms with van der Waals surface area (Å²) < 4.78 is 0. The lowest BCUT2D eigenvalue weighted by atomic mass is 9.37. The van der Waals surface area contributed by atoms with E-state index in [4.69, 9.17) is 0 Å². The molecule has 0 bridgehead atoms. The molecule has 0 spiro atoms. The second-order valence-electron chi connectivity index (χ2n) is 16.0. The number of β-amino-alcohol motifs (C(OH)–C–C–N with tert-alkyl or cyclic N) is 1. The molecule has 0 saturated heterocycles. The Morgan fingerprint density at radius 2 is 1.68 bits per heavy atom. The van der Waals surface area contributed by atoms with Crippen molar-refractivity contribution in [1.29, 1.82) is 0 Å². The summed E-state index contributed by atoms with van der Waals surface area (Å²) in [5.41, 5.74) is 3.62. The third kappa shape index (κ3) is 4.48. The van der Waals surface area contributed by atoms with Crippen molar-refractivity contribution in [2.24, 2.45) is 51.8 Å². The van der Waals surface area contributed by atoms with Crippen LogP contribution >= 0.6 is 0 Å². The van der Waals surface area contributed by atoms with Gasteiger partial charge in [0.2, 0.25) is 0 Å². The van der Waals surface area contributed by atoms with Gasteiger partial charge in [-0.05, 0) is 134 Å². The maximum atomic E-state index is 11.5. The summed E-state index contributed by atoms with van der Waals surface area (Å²) in [5.74, 6) is 1.34. The Hall–Kier alpha value is -1.66. The van der Waals surface area contributed by atoms with Crippen molar-refractivity contribution >= 4 is 11.9 Å². The number of hydrogen-bond acceptors (Lipinski definition) is 4. The summed E-state index contributed by atoms with van der Waals surface area (Å²) in [7, 11) is 0. The maximum absolute atomic E-state index is 11.5. The molecule has 0 aliphatic heterocycles. The van der Waals surface area contributed by atoms with E-state index in [0.29, 0.717) is 35.5 Å². The van der Waals surface area contributed by atoms with Crippen LogP contribution in [-0.2, 0) is 9.59 Å². The molecule has 41 heavy (non-hydrogen) atoms. The smallest absolute Gasteiger partial charge is 0.333 e. The standard InChI is InChI=1S/C35H53NO5/c1-32(2)24(21-7-9-22(10-8-21)30(38)39)13-17-34(4)28(32)15-18-33(3)25-14-19-35(36-20-27(37)31(40)41)16-5-6-26(35)23(25)11-12-29(33)34/h7,13,22-23,25-29,36-37H,5-6,8-12,14-20H2,1-4H3,(H,38,39)(H,40,41)/t22?,23?,25?,26-,27?,28?,29?,33?,34?,35?/m1/s1. The molecule has 6 aliphatic carbocycles. The number of hydrogen-bond donors (Lipinski definition) is 4. The quantitative estimate of drug-likeness (QED) is 0.289. The van der Waals surface area contributed by atoms with Crippen LogP contribution in [0.5, 0.6) is 0 Å². The zero-order chi connectivity index (χ0) is 29.4. The summed E-state index contributed by atoms with van der Waals surface area (Å²) in [5, 5.41) is 32.4. The first-order valence-corrected chi connectivity index (χ1v) is 16.6. The fourth-order valence-corrected chi connectivity index (χ4v) is 12.4. The van der Waals surface area contributed by atoms with Crippen molar-refractivity contribution in [3.05, 3.63) is 23.3 Å². The van der Waals surface area contributed by atoms with Crippen LogP contribution in [0.4, 0.5) is 0 Å². The lowest BCUT2D eigenvalue weighted by Crippen LogP contribution is -2.64. The number of fused-ring (bicyclic) bond motifs is 7. The molecule has 9 unspecified atom stereocenters. The van der Waals surface area contributed by atoms with Crippen LogP contribution in [0.25, 0.3) is 0 Å². The molecule has 0 amide bonds. The second-order valence-corrected chi connectivity index (χ2v) is 16.0. The molecule has 6 rings (SSSR count). The molecule has 6 heteroatoms. The van der Waals surface area contributed by atoms with Crippen molar-refractivity contribution in [3.63, 3.8) is 0 Å². The van der Waals surface area contributed by atoms with Crippen LogP contribution in [0, 0.1) is 51.8 Å². The van der Waals surface area contributed by atoms with E-state index in [-0.39, 0.29) is 28.8 Å². The van der Waals surface area contributed by atoms with Gasteiger partial charge >= 0.3 is 11.9 Å². The minimum absolute atomic E-state index is 0.000266. The zero-order valence-corrected chi connectivity index (χ0v) is 25.8. The van der Waals surface area contributed by atoms with Crippen LogP contribution in [0.1, 0.15) is 111 Å². The maximum Gasteiger partial charge on any atom is 0.333 e. The van der Waals surface area contributed by atoms with E-state index in [1.165, 1.54) is 56.1 Å². The van der Waals surface area contributed by atoms with Gasteiger partial charge in [0, 0.05) is 12.1 Å². The van der Waals surface area contributed by atoms with Crippen molar-refractivity contribution in [1.82, 2.24) is 5.32 Å². The summed E-state index contributed by atoms with van der Waals surface area (Å²) in [6.07, 6.45) is 17.9. The zero-order valence-electron chi connectivity index (χ0n) is 25.8. The fraction of sp³-hybridized carbons (Fsp3) is 0.829. The van der Waals surface area contributed by atoms with E-state index in [9.17, 15) is 24.9 Å². The van der Waals surface area contributed by atoms with Crippen molar-refractivity contribution < 1.29 is 24.9 Å². The van der Waals surface area contributed by atoms with Gasteiger partial charge in [0.15, 0.2) is 6.10 Å². The molecular weight excluding hydrogens is 514 g/mol. The normalized spacial score (nSPS) is 45.7. The van der Waals surface area contributed by atoms with Crippen LogP contribution in [-0.4, -0.2) is 45.4 Å². The summed E-state index contributed by atoms with van der Waals surface area (Å²) in [4.78, 5) is 22.9. The molecule has 4 N–H and O–H groups in total. The molecule has 6 aliphatic rings. The van der Waals surface area contributed by atoms with E-state index in [0.717, 1.165) is 38.0 Å². The van der Waals surface area contributed by atoms with Crippen LogP contribution in [0.3, 0.4) is 0 Å². The fourth-order valence-electron chi connectivity index (χ4n) is 12.4. The molecule has 0 aromatic carbocycles. The minimum atomic E-state index is -1.33. The van der Waals surface area contributed by atoms with Crippen molar-refractivity contribution in [2.75, 3.05) is 6.54 Å². The number of carboxylic acids is 2. The molecule has 4 saturated carbocycles. The van der Waals surface area contributed by atoms with Gasteiger partial charge in [-0.25, -0.2) is 4.79 Å². The number of aliphatic carboxylic acids is 2. The molecule has 0 aromatic heterocycles. The third-order valence-corrected chi connectivity index (χ3v) is 14.1. The van der Waals surface area contributed by atoms with E-state index in [1.54, 1.807) is 0 Å². The Labute approximate surface area is 246 Å². The summed E-state index contributed by atoms with van der Waals surface area (Å²) in [6.45, 7) is 10.4. The minimum Gasteiger partial charge on any atom is -0.481 e. The van der Waals surface area contributed by atoms with Gasteiger partial charge in [-0.2, -0.15) is 0 Å². The first-order valence-electron chi connectivity index (χ1n) is 16.6. The lowest BCUT2D eigenvalue weighted by molar-refractivity contribution is -0.175. The average Bonchev–Trinajstić information content (AvgIpc) is 3.36. The highest BCUT2D eigenvalue weighted by atomic mass is 16.4. The Balaban J connectivity index is 1.23. The number of carbonyl (C=O) groups is 2. The van der Waals surface area contributed by atoms with E-state index < -0.39 is 18.0 Å². The predicted octanol–water partition coefficient (Wildman–Crippen LogP) is 6.59. The van der Waals surface area contributed by atoms with Gasteiger partial charge < -0.3 is 20.6 Å². The molecule has 228 valence electrons. The van der Waals surface area contributed by atoms with Crippen molar-refractivity contribution in [3.8, 4) is 0 Å². The number of aliphatic hydroxyl groups is 1. The second kappa shape index (κ2) is 10.2. The highest BCUT2D eigenvalue weighted by Crippen LogP contribution is 2.72. The van der Waals surface area contributed by atoms with Crippen LogP contribution < -0.4 is 5.32 Å². The Morgan fingerprint density at radius 1 is 0.902 bits per heavy atom. The Bertz CT molecular complexity index is 1140. The first-order chi connectivity index (χ1) is 19.3. The predicted molar refractivity (Wildman–Crippen MR) is 159 cm³/mol. The van der Waals surface area contributed by atoms with Crippen LogP contribution in [0.15, 0.2) is 23.3 Å². The Kier molecular flexibility index (Phi) is 7.33. The van der Waals surface area contributed by atoms with E-state index in [2.05, 4.69) is 45.2 Å². The largest absolute Gasteiger partial charge is 0.481 e. The van der Waals surface area contributed by atoms with Crippen molar-refractivity contribution in [2.45, 2.75) is 123 Å². The first kappa shape index (κ1) is 29.4. The third-order valence-electron chi connectivity index (χ3n) is 14.1. The number of nitrogens with one attached hydrogen (secondary N) is 1. The highest BCUT2D eigenvalue weighted by molar-refractivity contribution is 5.72. The summed E-state index contributed by atoms with van der Waals surface area (Å²) in [6, 6.07) is 0. The number of carboxylic acid groups (broad SMARTS) is 2. The molecular formula is C35H53NO5. The molecule has 0 radical (unpaired) electrons. The SMILES string of the molecule is CC1(C)C(C2=CCC(C(=O)O)CC2)=CCC2(C)C1CCC1(C)C3CCC4(NCC(O)C(=O)O)CCC[C@@H]4C3CCC12. The highest BCUT2D eigenvalue weighted by Gasteiger charge is 2.65. The van der Waals surface area contributed by atoms with Gasteiger partial charge in [0.05, 0.1) is 5.92 Å². The number of rotatable bonds is 6. The van der Waals surface area contributed by atoms with E-state index in [1.807, 2.05) is 0 Å². The molecule has 0 heterocycles. The van der Waals surface area contributed by atoms with Gasteiger partial charge in [-0.1, -0.05) is 46.3 Å². The molecule has 0 aromatic rings. The number of allylic oxidation sites excluding steroid dienone is 4. The van der Waals surface area contributed by atoms with Crippen LogP contribution in [0.2, 0.25) is 0 Å². The van der Waals surface area contributed by atoms with E-state index >= 15 is 0 Å². The lowest BCUT2D eigenvalue weighted by Gasteiger charge is -2.68. The topological polar surface area (TPSA) is 107 Å². The molecule has 4 fully saturated rings. The average molecular weight is 568 g/mol. The Morgan fingerprint density at radius 3 is 2.37 bits per heavy atom. The van der Waals surface area contributed by atoms with Gasteiger partial charge in [0.1, 0.15) is 0 Å². The van der Waals surface area contributed by atoms with Gasteiger partial charge in [-0.3, -0.25) is 4.79 Å². The summed E-state index contributed by atoms with van der Waals surface area (Å²) >= 11 is 0.